The van der Waals surface area contributed by atoms with Crippen LogP contribution in [0.2, 0.25) is 0 Å². The Morgan fingerprint density at radius 2 is 2.45 bits per heavy atom. The van der Waals surface area contributed by atoms with E-state index in [4.69, 9.17) is 9.15 Å². The maximum Gasteiger partial charge on any atom is 0.133 e. The lowest BCUT2D eigenvalue weighted by atomic mass is 10.0. The van der Waals surface area contributed by atoms with Gasteiger partial charge < -0.3 is 19.0 Å². The SMILES string of the molecule is CC1OCCC1CNC(c1ccco1)c1nccn1C. The van der Waals surface area contributed by atoms with Crippen LogP contribution < -0.4 is 5.32 Å². The molecule has 0 bridgehead atoms. The molecule has 108 valence electrons. The molecule has 5 nitrogen and oxygen atoms in total. The van der Waals surface area contributed by atoms with Crippen LogP contribution in [-0.4, -0.2) is 28.8 Å². The number of nitrogens with zero attached hydrogens (tertiary/aromatic N) is 2. The van der Waals surface area contributed by atoms with E-state index in [-0.39, 0.29) is 6.04 Å². The van der Waals surface area contributed by atoms with Gasteiger partial charge in [-0.1, -0.05) is 0 Å². The lowest BCUT2D eigenvalue weighted by Gasteiger charge is -2.20. The molecule has 3 unspecified atom stereocenters. The first-order valence-corrected chi connectivity index (χ1v) is 7.11. The molecular formula is C15H21N3O2. The van der Waals surface area contributed by atoms with Crippen molar-refractivity contribution in [1.29, 1.82) is 0 Å². The number of rotatable bonds is 5. The molecule has 0 amide bonds. The van der Waals surface area contributed by atoms with Gasteiger partial charge >= 0.3 is 0 Å². The predicted molar refractivity (Wildman–Crippen MR) is 75.3 cm³/mol. The van der Waals surface area contributed by atoms with E-state index >= 15 is 0 Å². The monoisotopic (exact) mass is 275 g/mol. The van der Waals surface area contributed by atoms with Crippen molar-refractivity contribution in [3.8, 4) is 0 Å². The molecule has 1 N–H and O–H groups in total. The second-order valence-electron chi connectivity index (χ2n) is 5.38. The van der Waals surface area contributed by atoms with E-state index < -0.39 is 0 Å². The van der Waals surface area contributed by atoms with Crippen LogP contribution in [0.15, 0.2) is 35.2 Å². The minimum atomic E-state index is -0.0159. The first-order valence-electron chi connectivity index (χ1n) is 7.11. The normalized spacial score (nSPS) is 24.1. The average Bonchev–Trinajstić information content (AvgIpc) is 3.15. The van der Waals surface area contributed by atoms with Gasteiger partial charge in [-0.15, -0.1) is 0 Å². The Bertz CT molecular complexity index is 535. The Balaban J connectivity index is 1.75. The highest BCUT2D eigenvalue weighted by atomic mass is 16.5. The van der Waals surface area contributed by atoms with Gasteiger partial charge in [-0.05, 0) is 31.4 Å². The van der Waals surface area contributed by atoms with E-state index in [0.717, 1.165) is 31.2 Å². The molecule has 3 atom stereocenters. The van der Waals surface area contributed by atoms with Crippen LogP contribution in [0, 0.1) is 5.92 Å². The number of aryl methyl sites for hydroxylation is 1. The summed E-state index contributed by atoms with van der Waals surface area (Å²) in [6.45, 7) is 3.91. The number of imidazole rings is 1. The zero-order valence-electron chi connectivity index (χ0n) is 12.0. The number of ether oxygens (including phenoxy) is 1. The fourth-order valence-corrected chi connectivity index (χ4v) is 2.74. The van der Waals surface area contributed by atoms with Crippen molar-refractivity contribution in [3.05, 3.63) is 42.4 Å². The summed E-state index contributed by atoms with van der Waals surface area (Å²) in [6.07, 6.45) is 6.90. The summed E-state index contributed by atoms with van der Waals surface area (Å²) in [7, 11) is 2.00. The summed E-state index contributed by atoms with van der Waals surface area (Å²) in [4.78, 5) is 4.45. The molecule has 5 heteroatoms. The Kier molecular flexibility index (Phi) is 3.89. The number of furan rings is 1. The van der Waals surface area contributed by atoms with Gasteiger partial charge in [-0.3, -0.25) is 0 Å². The number of hydrogen-bond acceptors (Lipinski definition) is 4. The van der Waals surface area contributed by atoms with Gasteiger partial charge in [0.05, 0.1) is 12.4 Å². The molecule has 0 aromatic carbocycles. The maximum atomic E-state index is 5.62. The van der Waals surface area contributed by atoms with Crippen molar-refractivity contribution in [2.24, 2.45) is 13.0 Å². The van der Waals surface area contributed by atoms with Crippen molar-refractivity contribution >= 4 is 0 Å². The quantitative estimate of drug-likeness (QED) is 0.908. The van der Waals surface area contributed by atoms with Gasteiger partial charge in [-0.25, -0.2) is 4.98 Å². The molecule has 1 fully saturated rings. The van der Waals surface area contributed by atoms with Crippen LogP contribution in [0.3, 0.4) is 0 Å². The molecular weight excluding hydrogens is 254 g/mol. The molecule has 0 aliphatic carbocycles. The fraction of sp³-hybridized carbons (Fsp3) is 0.533. The van der Waals surface area contributed by atoms with E-state index in [1.807, 2.05) is 36.1 Å². The van der Waals surface area contributed by atoms with Crippen molar-refractivity contribution in [3.63, 3.8) is 0 Å². The topological polar surface area (TPSA) is 52.2 Å². The third kappa shape index (κ3) is 2.64. The smallest absolute Gasteiger partial charge is 0.133 e. The molecule has 2 aromatic rings. The molecule has 3 rings (SSSR count). The molecule has 3 heterocycles. The minimum Gasteiger partial charge on any atom is -0.467 e. The minimum absolute atomic E-state index is 0.0159. The van der Waals surface area contributed by atoms with Gasteiger partial charge in [0.1, 0.15) is 17.6 Å². The zero-order valence-corrected chi connectivity index (χ0v) is 12.0. The molecule has 2 aromatic heterocycles. The van der Waals surface area contributed by atoms with E-state index in [2.05, 4.69) is 17.2 Å². The van der Waals surface area contributed by atoms with E-state index in [1.165, 1.54) is 0 Å². The first kappa shape index (κ1) is 13.4. The molecule has 0 spiro atoms. The van der Waals surface area contributed by atoms with Crippen LogP contribution >= 0.6 is 0 Å². The molecule has 1 saturated heterocycles. The summed E-state index contributed by atoms with van der Waals surface area (Å²) in [5.74, 6) is 2.41. The molecule has 1 aliphatic heterocycles. The van der Waals surface area contributed by atoms with Gasteiger partial charge in [0, 0.05) is 32.6 Å². The number of aromatic nitrogens is 2. The number of hydrogen-bond donors (Lipinski definition) is 1. The van der Waals surface area contributed by atoms with Gasteiger partial charge in [-0.2, -0.15) is 0 Å². The highest BCUT2D eigenvalue weighted by Crippen LogP contribution is 2.24. The Labute approximate surface area is 118 Å². The lowest BCUT2D eigenvalue weighted by Crippen LogP contribution is -2.32. The van der Waals surface area contributed by atoms with E-state index in [0.29, 0.717) is 12.0 Å². The van der Waals surface area contributed by atoms with Crippen LogP contribution in [0.4, 0.5) is 0 Å². The van der Waals surface area contributed by atoms with E-state index in [1.54, 1.807) is 6.26 Å². The largest absolute Gasteiger partial charge is 0.467 e. The van der Waals surface area contributed by atoms with Gasteiger partial charge in [0.2, 0.25) is 0 Å². The highest BCUT2D eigenvalue weighted by Gasteiger charge is 2.27. The molecule has 20 heavy (non-hydrogen) atoms. The van der Waals surface area contributed by atoms with Crippen LogP contribution in [-0.2, 0) is 11.8 Å². The predicted octanol–water partition coefficient (Wildman–Crippen LogP) is 2.12. The van der Waals surface area contributed by atoms with Gasteiger partial charge in [0.15, 0.2) is 0 Å². The third-order valence-electron chi connectivity index (χ3n) is 4.06. The Hall–Kier alpha value is -1.59. The van der Waals surface area contributed by atoms with Crippen molar-refractivity contribution in [2.75, 3.05) is 13.2 Å². The lowest BCUT2D eigenvalue weighted by molar-refractivity contribution is 0.105. The fourth-order valence-electron chi connectivity index (χ4n) is 2.74. The zero-order chi connectivity index (χ0) is 13.9. The summed E-state index contributed by atoms with van der Waals surface area (Å²) < 4.78 is 13.2. The Morgan fingerprint density at radius 1 is 1.55 bits per heavy atom. The van der Waals surface area contributed by atoms with Gasteiger partial charge in [0.25, 0.3) is 0 Å². The van der Waals surface area contributed by atoms with Crippen LogP contribution in [0.25, 0.3) is 0 Å². The summed E-state index contributed by atoms with van der Waals surface area (Å²) in [5, 5.41) is 3.58. The first-order chi connectivity index (χ1) is 9.75. The standard InChI is InChI=1S/C15H21N3O2/c1-11-12(5-9-19-11)10-17-14(13-4-3-8-20-13)15-16-6-7-18(15)2/h3-4,6-8,11-12,14,17H,5,9-10H2,1-2H3. The van der Waals surface area contributed by atoms with Crippen molar-refractivity contribution < 1.29 is 9.15 Å². The highest BCUT2D eigenvalue weighted by molar-refractivity contribution is 5.15. The second-order valence-corrected chi connectivity index (χ2v) is 5.38. The second kappa shape index (κ2) is 5.81. The average molecular weight is 275 g/mol. The number of nitrogens with one attached hydrogen (secondary N) is 1. The summed E-state index contributed by atoms with van der Waals surface area (Å²) in [5.41, 5.74) is 0. The molecule has 0 saturated carbocycles. The van der Waals surface area contributed by atoms with E-state index in [9.17, 15) is 0 Å². The summed E-state index contributed by atoms with van der Waals surface area (Å²) in [6, 6.07) is 3.88. The van der Waals surface area contributed by atoms with Crippen molar-refractivity contribution in [1.82, 2.24) is 14.9 Å². The summed E-state index contributed by atoms with van der Waals surface area (Å²) >= 11 is 0. The van der Waals surface area contributed by atoms with Crippen molar-refractivity contribution in [2.45, 2.75) is 25.5 Å². The maximum absolute atomic E-state index is 5.62. The Morgan fingerprint density at radius 3 is 3.05 bits per heavy atom. The molecule has 1 aliphatic rings. The third-order valence-corrected chi connectivity index (χ3v) is 4.06. The van der Waals surface area contributed by atoms with Crippen LogP contribution in [0.1, 0.15) is 31.0 Å². The van der Waals surface area contributed by atoms with Crippen LogP contribution in [0.5, 0.6) is 0 Å². The molecule has 0 radical (unpaired) electrons.